The summed E-state index contributed by atoms with van der Waals surface area (Å²) in [6.45, 7) is 5.81. The van der Waals surface area contributed by atoms with Gasteiger partial charge in [0.05, 0.1) is 0 Å². The van der Waals surface area contributed by atoms with Crippen LogP contribution in [0.4, 0.5) is 4.79 Å². The normalized spacial score (nSPS) is 12.0. The molecular formula is C20H32N4O4. The summed E-state index contributed by atoms with van der Waals surface area (Å²) in [4.78, 5) is 36.4. The number of carbonyl (C=O) groups excluding carboxylic acids is 3. The minimum atomic E-state index is -0.894. The average molecular weight is 393 g/mol. The lowest BCUT2D eigenvalue weighted by molar-refractivity contribution is -0.130. The van der Waals surface area contributed by atoms with Crippen molar-refractivity contribution in [2.45, 2.75) is 64.5 Å². The van der Waals surface area contributed by atoms with Gasteiger partial charge >= 0.3 is 6.09 Å². The molecule has 1 rings (SSSR count). The largest absolute Gasteiger partial charge is 0.444 e. The number of nitrogens with two attached hydrogens (primary N) is 1. The Morgan fingerprint density at radius 3 is 2.32 bits per heavy atom. The van der Waals surface area contributed by atoms with Crippen molar-refractivity contribution in [3.05, 3.63) is 35.9 Å². The highest BCUT2D eigenvalue weighted by atomic mass is 16.6. The first-order valence-corrected chi connectivity index (χ1v) is 9.53. The summed E-state index contributed by atoms with van der Waals surface area (Å²) in [7, 11) is 0. The zero-order chi connectivity index (χ0) is 21.0. The number of benzene rings is 1. The summed E-state index contributed by atoms with van der Waals surface area (Å²) in [5.74, 6) is -0.814. The van der Waals surface area contributed by atoms with Gasteiger partial charge in [-0.25, -0.2) is 4.79 Å². The zero-order valence-electron chi connectivity index (χ0n) is 16.9. The first kappa shape index (κ1) is 23.4. The molecule has 0 aliphatic rings. The maximum atomic E-state index is 12.5. The number of rotatable bonds is 9. The second kappa shape index (κ2) is 12.0. The van der Waals surface area contributed by atoms with E-state index in [0.717, 1.165) is 18.4 Å². The molecule has 0 radical (unpaired) electrons. The van der Waals surface area contributed by atoms with Gasteiger partial charge in [-0.1, -0.05) is 36.8 Å². The molecular weight excluding hydrogens is 360 g/mol. The van der Waals surface area contributed by atoms with Crippen molar-refractivity contribution < 1.29 is 19.1 Å². The lowest BCUT2D eigenvalue weighted by atomic mass is 10.1. The molecule has 3 amide bonds. The Balaban J connectivity index is 2.63. The van der Waals surface area contributed by atoms with Gasteiger partial charge in [0.15, 0.2) is 0 Å². The van der Waals surface area contributed by atoms with Crippen LogP contribution in [0.1, 0.15) is 52.0 Å². The Kier molecular flexibility index (Phi) is 10.0. The number of carbonyl (C=O) groups is 3. The van der Waals surface area contributed by atoms with E-state index in [1.807, 2.05) is 30.3 Å². The van der Waals surface area contributed by atoms with Crippen molar-refractivity contribution in [2.75, 3.05) is 6.54 Å². The van der Waals surface area contributed by atoms with Gasteiger partial charge in [-0.05, 0) is 45.7 Å². The Morgan fingerprint density at radius 2 is 1.71 bits per heavy atom. The van der Waals surface area contributed by atoms with Crippen LogP contribution in [0, 0.1) is 0 Å². The van der Waals surface area contributed by atoms with Gasteiger partial charge in [0.25, 0.3) is 5.91 Å². The molecule has 0 unspecified atom stereocenters. The van der Waals surface area contributed by atoms with Gasteiger partial charge in [0.1, 0.15) is 11.6 Å². The SMILES string of the molecule is CC(C)(C)OC(=O)N[C@H](Cc1ccccc1)C(=O)NNC(=O)CCCCCN. The third kappa shape index (κ3) is 10.5. The van der Waals surface area contributed by atoms with Gasteiger partial charge in [-0.2, -0.15) is 0 Å². The highest BCUT2D eigenvalue weighted by Gasteiger charge is 2.25. The Hall–Kier alpha value is -2.61. The molecule has 0 aliphatic heterocycles. The van der Waals surface area contributed by atoms with E-state index in [2.05, 4.69) is 16.2 Å². The number of nitrogens with one attached hydrogen (secondary N) is 3. The summed E-state index contributed by atoms with van der Waals surface area (Å²) >= 11 is 0. The number of hydrogen-bond donors (Lipinski definition) is 4. The summed E-state index contributed by atoms with van der Waals surface area (Å²) in [5.41, 5.74) is 10.4. The molecule has 8 heteroatoms. The van der Waals surface area contributed by atoms with Crippen LogP contribution in [0.25, 0.3) is 0 Å². The van der Waals surface area contributed by atoms with E-state index in [-0.39, 0.29) is 12.3 Å². The molecule has 0 spiro atoms. The van der Waals surface area contributed by atoms with Crippen molar-refractivity contribution in [3.8, 4) is 0 Å². The number of alkyl carbamates (subject to hydrolysis) is 1. The topological polar surface area (TPSA) is 123 Å². The van der Waals surface area contributed by atoms with Crippen LogP contribution in [0.15, 0.2) is 30.3 Å². The highest BCUT2D eigenvalue weighted by Crippen LogP contribution is 2.08. The molecule has 0 fully saturated rings. The van der Waals surface area contributed by atoms with Crippen molar-refractivity contribution in [1.82, 2.24) is 16.2 Å². The summed E-state index contributed by atoms with van der Waals surface area (Å²) in [6.07, 6.45) is 2.27. The average Bonchev–Trinajstić information content (AvgIpc) is 2.62. The van der Waals surface area contributed by atoms with E-state index in [1.54, 1.807) is 20.8 Å². The van der Waals surface area contributed by atoms with Gasteiger partial charge in [-0.3, -0.25) is 20.4 Å². The number of amides is 3. The molecule has 8 nitrogen and oxygen atoms in total. The van der Waals surface area contributed by atoms with Crippen LogP contribution in [0.3, 0.4) is 0 Å². The fourth-order valence-electron chi connectivity index (χ4n) is 2.40. The second-order valence-electron chi connectivity index (χ2n) is 7.53. The van der Waals surface area contributed by atoms with Crippen LogP contribution in [0.5, 0.6) is 0 Å². The molecule has 0 saturated carbocycles. The first-order valence-electron chi connectivity index (χ1n) is 9.53. The van der Waals surface area contributed by atoms with Crippen LogP contribution in [-0.4, -0.2) is 36.1 Å². The molecule has 0 aliphatic carbocycles. The molecule has 0 saturated heterocycles. The number of hydrogen-bond acceptors (Lipinski definition) is 5. The van der Waals surface area contributed by atoms with Crippen molar-refractivity contribution in [3.63, 3.8) is 0 Å². The van der Waals surface area contributed by atoms with E-state index in [1.165, 1.54) is 0 Å². The number of unbranched alkanes of at least 4 members (excludes halogenated alkanes) is 2. The molecule has 156 valence electrons. The Morgan fingerprint density at radius 1 is 1.04 bits per heavy atom. The van der Waals surface area contributed by atoms with E-state index < -0.39 is 23.6 Å². The summed E-state index contributed by atoms with van der Waals surface area (Å²) in [5, 5.41) is 2.57. The second-order valence-corrected chi connectivity index (χ2v) is 7.53. The van der Waals surface area contributed by atoms with E-state index in [9.17, 15) is 14.4 Å². The predicted octanol–water partition coefficient (Wildman–Crippen LogP) is 1.79. The maximum absolute atomic E-state index is 12.5. The summed E-state index contributed by atoms with van der Waals surface area (Å²) < 4.78 is 5.23. The zero-order valence-corrected chi connectivity index (χ0v) is 16.9. The van der Waals surface area contributed by atoms with Gasteiger partial charge < -0.3 is 15.8 Å². The van der Waals surface area contributed by atoms with Crippen LogP contribution in [0.2, 0.25) is 0 Å². The molecule has 0 bridgehead atoms. The quantitative estimate of drug-likeness (QED) is 0.377. The lowest BCUT2D eigenvalue weighted by Crippen LogP contribution is -2.53. The monoisotopic (exact) mass is 392 g/mol. The summed E-state index contributed by atoms with van der Waals surface area (Å²) in [6, 6.07) is 8.38. The van der Waals surface area contributed by atoms with Crippen LogP contribution < -0.4 is 21.9 Å². The minimum absolute atomic E-state index is 0.262. The third-order valence-electron chi connectivity index (χ3n) is 3.72. The molecule has 1 aromatic rings. The third-order valence-corrected chi connectivity index (χ3v) is 3.72. The molecule has 1 atom stereocenters. The van der Waals surface area contributed by atoms with Gasteiger partial charge in [0.2, 0.25) is 5.91 Å². The van der Waals surface area contributed by atoms with Crippen molar-refractivity contribution >= 4 is 17.9 Å². The molecule has 0 heterocycles. The fraction of sp³-hybridized carbons (Fsp3) is 0.550. The van der Waals surface area contributed by atoms with Crippen molar-refractivity contribution in [2.24, 2.45) is 5.73 Å². The number of ether oxygens (including phenoxy) is 1. The lowest BCUT2D eigenvalue weighted by Gasteiger charge is -2.23. The molecule has 0 aromatic heterocycles. The minimum Gasteiger partial charge on any atom is -0.444 e. The van der Waals surface area contributed by atoms with Crippen LogP contribution >= 0.6 is 0 Å². The first-order chi connectivity index (χ1) is 13.2. The molecule has 28 heavy (non-hydrogen) atoms. The van der Waals surface area contributed by atoms with Gasteiger partial charge in [-0.15, -0.1) is 0 Å². The molecule has 1 aromatic carbocycles. The Bertz CT molecular complexity index is 629. The van der Waals surface area contributed by atoms with Crippen molar-refractivity contribution in [1.29, 1.82) is 0 Å². The molecule has 5 N–H and O–H groups in total. The fourth-order valence-corrected chi connectivity index (χ4v) is 2.40. The standard InChI is InChI=1S/C20H32N4O4/c1-20(2,3)28-19(27)22-16(14-15-10-6-4-7-11-15)18(26)24-23-17(25)12-8-5-9-13-21/h4,6-7,10-11,16H,5,8-9,12-14,21H2,1-3H3,(H,22,27)(H,23,25)(H,24,26)/t16-/m1/s1. The Labute approximate surface area is 166 Å². The van der Waals surface area contributed by atoms with Gasteiger partial charge in [0, 0.05) is 12.8 Å². The smallest absolute Gasteiger partial charge is 0.408 e. The predicted molar refractivity (Wildman–Crippen MR) is 107 cm³/mol. The highest BCUT2D eigenvalue weighted by molar-refractivity contribution is 5.88. The van der Waals surface area contributed by atoms with E-state index in [0.29, 0.717) is 19.4 Å². The maximum Gasteiger partial charge on any atom is 0.408 e. The van der Waals surface area contributed by atoms with E-state index >= 15 is 0 Å². The number of hydrazine groups is 1. The van der Waals surface area contributed by atoms with Crippen LogP contribution in [-0.2, 0) is 20.7 Å². The van der Waals surface area contributed by atoms with E-state index in [4.69, 9.17) is 10.5 Å².